The zero-order valence-electron chi connectivity index (χ0n) is 13.0. The summed E-state index contributed by atoms with van der Waals surface area (Å²) in [5.74, 6) is -0.319. The van der Waals surface area contributed by atoms with E-state index in [0.717, 1.165) is 0 Å². The molecule has 0 bridgehead atoms. The van der Waals surface area contributed by atoms with E-state index >= 15 is 0 Å². The molecule has 1 N–H and O–H groups in total. The Morgan fingerprint density at radius 3 is 1.95 bits per heavy atom. The normalized spacial score (nSPS) is 15.1. The van der Waals surface area contributed by atoms with Crippen molar-refractivity contribution in [2.24, 2.45) is 0 Å². The first kappa shape index (κ1) is 18.8. The average Bonchev–Trinajstić information content (AvgIpc) is 2.05. The van der Waals surface area contributed by atoms with E-state index in [1.807, 2.05) is 19.6 Å². The summed E-state index contributed by atoms with van der Waals surface area (Å²) in [6.45, 7) is 12.0. The molecule has 0 radical (unpaired) electrons. The number of sulfone groups is 1. The molecule has 0 aromatic heterocycles. The predicted octanol–water partition coefficient (Wildman–Crippen LogP) is 1.59. The van der Waals surface area contributed by atoms with Gasteiger partial charge in [0.05, 0.1) is 11.8 Å². The molecule has 0 unspecified atom stereocenters. The van der Waals surface area contributed by atoms with Crippen molar-refractivity contribution in [2.45, 2.75) is 51.7 Å². The van der Waals surface area contributed by atoms with Gasteiger partial charge in [-0.3, -0.25) is 4.79 Å². The van der Waals surface area contributed by atoms with E-state index in [0.29, 0.717) is 0 Å². The van der Waals surface area contributed by atoms with E-state index in [4.69, 9.17) is 4.43 Å². The molecule has 8 heteroatoms. The van der Waals surface area contributed by atoms with Crippen molar-refractivity contribution in [1.29, 1.82) is 0 Å². The van der Waals surface area contributed by atoms with Crippen LogP contribution in [-0.2, 0) is 19.1 Å². The van der Waals surface area contributed by atoms with Crippen molar-refractivity contribution in [3.05, 3.63) is 0 Å². The second-order valence-electron chi connectivity index (χ2n) is 6.90. The zero-order chi connectivity index (χ0) is 15.5. The molecule has 0 aliphatic heterocycles. The number of carbonyl (C=O) groups is 1. The standard InChI is InChI=1S/C11H27NO4SSi2/c1-17(14,15)9-8-10(12-18(2,3)4)11(13)16-19(5,6)7/h10,12H,8-9H2,1-7H3/t10-/m0/s1. The summed E-state index contributed by atoms with van der Waals surface area (Å²) in [7, 11) is -6.71. The number of carbonyl (C=O) groups excluding carboxylic acids is 1. The number of hydrogen-bond acceptors (Lipinski definition) is 5. The van der Waals surface area contributed by atoms with Crippen LogP contribution >= 0.6 is 0 Å². The Morgan fingerprint density at radius 2 is 1.63 bits per heavy atom. The van der Waals surface area contributed by atoms with E-state index in [1.165, 1.54) is 6.26 Å². The van der Waals surface area contributed by atoms with Crippen LogP contribution in [0.3, 0.4) is 0 Å². The summed E-state index contributed by atoms with van der Waals surface area (Å²) in [5.41, 5.74) is 0. The first-order chi connectivity index (χ1) is 8.20. The van der Waals surface area contributed by atoms with Gasteiger partial charge in [-0.1, -0.05) is 19.6 Å². The molecule has 114 valence electrons. The van der Waals surface area contributed by atoms with Crippen molar-refractivity contribution in [1.82, 2.24) is 4.98 Å². The van der Waals surface area contributed by atoms with Gasteiger partial charge in [0.1, 0.15) is 18.1 Å². The maximum atomic E-state index is 12.1. The highest BCUT2D eigenvalue weighted by molar-refractivity contribution is 7.90. The van der Waals surface area contributed by atoms with Gasteiger partial charge in [0.2, 0.25) is 8.32 Å². The average molecular weight is 326 g/mol. The van der Waals surface area contributed by atoms with Crippen LogP contribution in [-0.4, -0.2) is 49.0 Å². The van der Waals surface area contributed by atoms with Crippen molar-refractivity contribution in [3.63, 3.8) is 0 Å². The van der Waals surface area contributed by atoms with Gasteiger partial charge in [0.25, 0.3) is 0 Å². The molecule has 0 amide bonds. The fraction of sp³-hybridized carbons (Fsp3) is 0.909. The molecule has 5 nitrogen and oxygen atoms in total. The van der Waals surface area contributed by atoms with Crippen LogP contribution < -0.4 is 4.98 Å². The summed E-state index contributed by atoms with van der Waals surface area (Å²) in [5, 5.41) is 0. The number of hydrogen-bond donors (Lipinski definition) is 1. The summed E-state index contributed by atoms with van der Waals surface area (Å²) in [4.78, 5) is 15.4. The Labute approximate surface area is 119 Å². The summed E-state index contributed by atoms with van der Waals surface area (Å²) in [6.07, 6.45) is 1.45. The van der Waals surface area contributed by atoms with Crippen molar-refractivity contribution in [3.8, 4) is 0 Å². The van der Waals surface area contributed by atoms with E-state index in [2.05, 4.69) is 24.6 Å². The van der Waals surface area contributed by atoms with Gasteiger partial charge >= 0.3 is 5.97 Å². The van der Waals surface area contributed by atoms with Crippen molar-refractivity contribution < 1.29 is 17.6 Å². The molecule has 0 saturated heterocycles. The fourth-order valence-electron chi connectivity index (χ4n) is 1.48. The maximum absolute atomic E-state index is 12.1. The third kappa shape index (κ3) is 11.3. The molecular formula is C11H27NO4SSi2. The van der Waals surface area contributed by atoms with Crippen LogP contribution in [0.25, 0.3) is 0 Å². The minimum atomic E-state index is -3.07. The van der Waals surface area contributed by atoms with Crippen LogP contribution in [0.5, 0.6) is 0 Å². The quantitative estimate of drug-likeness (QED) is 0.720. The monoisotopic (exact) mass is 325 g/mol. The Bertz CT molecular complexity index is 409. The SMILES string of the molecule is C[Si](C)(C)N[C@@H](CCS(C)(=O)=O)C(=O)O[Si](C)(C)C. The topological polar surface area (TPSA) is 72.5 Å². The van der Waals surface area contributed by atoms with Crippen LogP contribution in [0.4, 0.5) is 0 Å². The molecule has 0 saturated carbocycles. The molecule has 0 spiro atoms. The van der Waals surface area contributed by atoms with Gasteiger partial charge in [0.15, 0.2) is 0 Å². The minimum absolute atomic E-state index is 0.00402. The molecule has 0 fully saturated rings. The van der Waals surface area contributed by atoms with Crippen molar-refractivity contribution in [2.75, 3.05) is 12.0 Å². The summed E-state index contributed by atoms with van der Waals surface area (Å²) in [6, 6.07) is -0.520. The molecular weight excluding hydrogens is 298 g/mol. The van der Waals surface area contributed by atoms with E-state index in [9.17, 15) is 13.2 Å². The smallest absolute Gasteiger partial charge is 0.309 e. The van der Waals surface area contributed by atoms with Gasteiger partial charge in [-0.25, -0.2) is 8.42 Å². The highest BCUT2D eigenvalue weighted by Crippen LogP contribution is 2.10. The Kier molecular flexibility index (Phi) is 6.45. The summed E-state index contributed by atoms with van der Waals surface area (Å²) < 4.78 is 28.0. The Hall–Kier alpha value is -0.186. The largest absolute Gasteiger partial charge is 0.519 e. The molecule has 0 aliphatic carbocycles. The summed E-state index contributed by atoms with van der Waals surface area (Å²) >= 11 is 0. The molecule has 1 atom stereocenters. The predicted molar refractivity (Wildman–Crippen MR) is 84.0 cm³/mol. The number of rotatable bonds is 7. The van der Waals surface area contributed by atoms with Gasteiger partial charge in [0, 0.05) is 6.26 Å². The molecule has 0 aromatic rings. The first-order valence-corrected chi connectivity index (χ1v) is 15.3. The second kappa shape index (κ2) is 6.51. The lowest BCUT2D eigenvalue weighted by atomic mass is 10.2. The molecule has 0 rings (SSSR count). The number of nitrogens with one attached hydrogen (secondary N) is 1. The van der Waals surface area contributed by atoms with Gasteiger partial charge in [-0.15, -0.1) is 0 Å². The highest BCUT2D eigenvalue weighted by Gasteiger charge is 2.30. The zero-order valence-corrected chi connectivity index (χ0v) is 15.8. The first-order valence-electron chi connectivity index (χ1n) is 6.38. The van der Waals surface area contributed by atoms with Gasteiger partial charge in [-0.05, 0) is 26.1 Å². The Morgan fingerprint density at radius 1 is 1.16 bits per heavy atom. The minimum Gasteiger partial charge on any atom is -0.519 e. The maximum Gasteiger partial charge on any atom is 0.309 e. The van der Waals surface area contributed by atoms with Crippen molar-refractivity contribution >= 4 is 32.4 Å². The lowest BCUT2D eigenvalue weighted by Crippen LogP contribution is -2.53. The Balaban J connectivity index is 4.81. The van der Waals surface area contributed by atoms with Crippen LogP contribution in [0.1, 0.15) is 6.42 Å². The lowest BCUT2D eigenvalue weighted by molar-refractivity contribution is -0.137. The van der Waals surface area contributed by atoms with Gasteiger partial charge < -0.3 is 9.41 Å². The molecule has 19 heavy (non-hydrogen) atoms. The highest BCUT2D eigenvalue weighted by atomic mass is 32.2. The third-order valence-electron chi connectivity index (χ3n) is 2.08. The van der Waals surface area contributed by atoms with E-state index in [-0.39, 0.29) is 18.1 Å². The van der Waals surface area contributed by atoms with Gasteiger partial charge in [-0.2, -0.15) is 0 Å². The van der Waals surface area contributed by atoms with E-state index < -0.39 is 32.4 Å². The molecule has 0 aliphatic rings. The van der Waals surface area contributed by atoms with Crippen LogP contribution in [0.2, 0.25) is 39.3 Å². The lowest BCUT2D eigenvalue weighted by Gasteiger charge is -2.28. The molecule has 0 aromatic carbocycles. The fourth-order valence-corrected chi connectivity index (χ4v) is 4.19. The van der Waals surface area contributed by atoms with E-state index in [1.54, 1.807) is 0 Å². The molecule has 0 heterocycles. The van der Waals surface area contributed by atoms with Crippen LogP contribution in [0, 0.1) is 0 Å². The second-order valence-corrected chi connectivity index (χ2v) is 18.4. The van der Waals surface area contributed by atoms with Crippen LogP contribution in [0.15, 0.2) is 0 Å². The third-order valence-corrected chi connectivity index (χ3v) is 5.08.